The van der Waals surface area contributed by atoms with E-state index in [0.717, 1.165) is 83.8 Å². The molecule has 8 rings (SSSR count). The molecule has 0 bridgehead atoms. The van der Waals surface area contributed by atoms with Gasteiger partial charge < -0.3 is 23.8 Å². The number of benzene rings is 2. The fourth-order valence-electron chi connectivity index (χ4n) is 8.27. The minimum absolute atomic E-state index is 0. The standard InChI is InChI=1S/C37H41N7O6.H2/c1-40-17-26(27-18-41(2)39-33(27)36(40)48)23-13-30(49-3)28(31(14-23)50-4)19-42-11-9-37(10-12-42)20-43(21-37)24-6-5-22-16-44(35(47)25(22)15-24)29-7-8-32(45)38-34(29)46;/h5-6,13-15,17-18,29H,7-12,16,19-21H2,1-4H3,(H,38,45,46);1H. The van der Waals surface area contributed by atoms with Crippen LogP contribution in [0.5, 0.6) is 11.5 Å². The van der Waals surface area contributed by atoms with Crippen molar-refractivity contribution < 1.29 is 25.3 Å². The van der Waals surface area contributed by atoms with E-state index < -0.39 is 6.04 Å². The molecule has 1 atom stereocenters. The highest BCUT2D eigenvalue weighted by atomic mass is 16.5. The van der Waals surface area contributed by atoms with Crippen molar-refractivity contribution in [1.29, 1.82) is 0 Å². The molecule has 0 aliphatic carbocycles. The highest BCUT2D eigenvalue weighted by molar-refractivity contribution is 6.05. The van der Waals surface area contributed by atoms with Gasteiger partial charge in [0, 0.05) is 88.1 Å². The van der Waals surface area contributed by atoms with Gasteiger partial charge in [0.05, 0.1) is 19.8 Å². The Hall–Kier alpha value is -5.17. The molecule has 6 heterocycles. The van der Waals surface area contributed by atoms with E-state index in [9.17, 15) is 19.2 Å². The first-order chi connectivity index (χ1) is 24.1. The van der Waals surface area contributed by atoms with Gasteiger partial charge in [-0.25, -0.2) is 0 Å². The molecule has 3 fully saturated rings. The van der Waals surface area contributed by atoms with Crippen LogP contribution in [0, 0.1) is 5.41 Å². The summed E-state index contributed by atoms with van der Waals surface area (Å²) >= 11 is 0. The second kappa shape index (κ2) is 12.0. The molecule has 50 heavy (non-hydrogen) atoms. The number of fused-ring (bicyclic) bond motifs is 2. The zero-order valence-corrected chi connectivity index (χ0v) is 28.8. The van der Waals surface area contributed by atoms with E-state index in [1.54, 1.807) is 35.4 Å². The number of anilines is 1. The van der Waals surface area contributed by atoms with Crippen LogP contribution in [0.3, 0.4) is 0 Å². The number of likely N-dealkylation sites (tertiary alicyclic amines) is 1. The van der Waals surface area contributed by atoms with Gasteiger partial charge in [0.2, 0.25) is 11.8 Å². The summed E-state index contributed by atoms with van der Waals surface area (Å²) in [5.41, 5.74) is 5.88. The Labute approximate surface area is 290 Å². The number of ether oxygens (including phenoxy) is 2. The predicted octanol–water partition coefficient (Wildman–Crippen LogP) is 3.07. The molecule has 2 aromatic carbocycles. The molecule has 1 N–H and O–H groups in total. The molecule has 13 heteroatoms. The smallest absolute Gasteiger partial charge is 0.278 e. The summed E-state index contributed by atoms with van der Waals surface area (Å²) in [6.07, 6.45) is 6.44. The maximum Gasteiger partial charge on any atom is 0.278 e. The minimum Gasteiger partial charge on any atom is -0.496 e. The van der Waals surface area contributed by atoms with Crippen molar-refractivity contribution in [1.82, 2.24) is 29.5 Å². The fourth-order valence-corrected chi connectivity index (χ4v) is 8.27. The zero-order chi connectivity index (χ0) is 34.9. The predicted molar refractivity (Wildman–Crippen MR) is 188 cm³/mol. The van der Waals surface area contributed by atoms with Gasteiger partial charge in [0.25, 0.3) is 11.5 Å². The number of carbonyl (C=O) groups excluding carboxylic acids is 3. The van der Waals surface area contributed by atoms with Gasteiger partial charge in [-0.2, -0.15) is 5.10 Å². The number of carbonyl (C=O) groups is 3. The lowest BCUT2D eigenvalue weighted by Gasteiger charge is -2.55. The normalized spacial score (nSPS) is 20.3. The molecule has 262 valence electrons. The number of aryl methyl sites for hydroxylation is 2. The lowest BCUT2D eigenvalue weighted by atomic mass is 9.71. The Morgan fingerprint density at radius 2 is 1.68 bits per heavy atom. The Balaban J connectivity index is 0.00000406. The summed E-state index contributed by atoms with van der Waals surface area (Å²) in [5, 5.41) is 7.55. The first kappa shape index (κ1) is 32.1. The monoisotopic (exact) mass is 681 g/mol. The minimum atomic E-state index is -0.607. The van der Waals surface area contributed by atoms with E-state index in [1.165, 1.54) is 0 Å². The topological polar surface area (TPSA) is 131 Å². The number of hydrogen-bond donors (Lipinski definition) is 1. The molecule has 1 unspecified atom stereocenters. The largest absolute Gasteiger partial charge is 0.496 e. The van der Waals surface area contributed by atoms with Crippen molar-refractivity contribution >= 4 is 34.3 Å². The Morgan fingerprint density at radius 3 is 2.36 bits per heavy atom. The van der Waals surface area contributed by atoms with Crippen LogP contribution in [-0.2, 0) is 36.8 Å². The van der Waals surface area contributed by atoms with Crippen molar-refractivity contribution in [3.05, 3.63) is 69.8 Å². The lowest BCUT2D eigenvalue weighted by Crippen LogP contribution is -2.60. The van der Waals surface area contributed by atoms with Crippen molar-refractivity contribution in [2.75, 3.05) is 45.3 Å². The van der Waals surface area contributed by atoms with Crippen LogP contribution in [0.15, 0.2) is 47.5 Å². The van der Waals surface area contributed by atoms with Gasteiger partial charge in [-0.1, -0.05) is 6.07 Å². The molecule has 13 nitrogen and oxygen atoms in total. The summed E-state index contributed by atoms with van der Waals surface area (Å²) in [4.78, 5) is 56.6. The number of nitrogens with one attached hydrogen (secondary N) is 1. The number of imide groups is 1. The van der Waals surface area contributed by atoms with E-state index >= 15 is 0 Å². The van der Waals surface area contributed by atoms with E-state index in [0.29, 0.717) is 30.6 Å². The number of aromatic nitrogens is 3. The van der Waals surface area contributed by atoms with Crippen LogP contribution < -0.4 is 25.2 Å². The molecule has 1 spiro atoms. The molecule has 4 aromatic rings. The second-order valence-corrected chi connectivity index (χ2v) is 14.3. The van der Waals surface area contributed by atoms with Gasteiger partial charge in [0.1, 0.15) is 17.5 Å². The van der Waals surface area contributed by atoms with E-state index in [1.807, 2.05) is 43.7 Å². The summed E-state index contributed by atoms with van der Waals surface area (Å²) in [6.45, 7) is 4.85. The van der Waals surface area contributed by atoms with Gasteiger partial charge in [-0.15, -0.1) is 0 Å². The van der Waals surface area contributed by atoms with Crippen LogP contribution in [0.25, 0.3) is 22.0 Å². The molecule has 0 radical (unpaired) electrons. The summed E-state index contributed by atoms with van der Waals surface area (Å²) < 4.78 is 15.1. The third kappa shape index (κ3) is 5.31. The van der Waals surface area contributed by atoms with Crippen molar-refractivity contribution in [3.63, 3.8) is 0 Å². The molecule has 0 saturated carbocycles. The van der Waals surface area contributed by atoms with Gasteiger partial charge in [0.15, 0.2) is 5.52 Å². The van der Waals surface area contributed by atoms with Crippen LogP contribution >= 0.6 is 0 Å². The number of rotatable bonds is 7. The number of hydrogen-bond acceptors (Lipinski definition) is 9. The maximum absolute atomic E-state index is 13.3. The summed E-state index contributed by atoms with van der Waals surface area (Å²) in [6, 6.07) is 9.49. The second-order valence-electron chi connectivity index (χ2n) is 14.3. The highest BCUT2D eigenvalue weighted by Gasteiger charge is 2.46. The van der Waals surface area contributed by atoms with Crippen LogP contribution in [0.2, 0.25) is 0 Å². The van der Waals surface area contributed by atoms with Crippen LogP contribution in [-0.4, -0.2) is 88.3 Å². The van der Waals surface area contributed by atoms with Crippen LogP contribution in [0.4, 0.5) is 5.69 Å². The van der Waals surface area contributed by atoms with Gasteiger partial charge in [-0.3, -0.25) is 34.1 Å². The number of amides is 3. The number of piperidine rings is 2. The zero-order valence-electron chi connectivity index (χ0n) is 28.8. The third-order valence-corrected chi connectivity index (χ3v) is 11.1. The van der Waals surface area contributed by atoms with Gasteiger partial charge >= 0.3 is 0 Å². The molecule has 3 saturated heterocycles. The third-order valence-electron chi connectivity index (χ3n) is 11.1. The van der Waals surface area contributed by atoms with E-state index in [-0.39, 0.29) is 36.5 Å². The first-order valence-corrected chi connectivity index (χ1v) is 17.1. The quantitative estimate of drug-likeness (QED) is 0.293. The molecule has 2 aromatic heterocycles. The van der Waals surface area contributed by atoms with Crippen molar-refractivity contribution in [3.8, 4) is 22.6 Å². The number of pyridine rings is 1. The molecular formula is C37H43N7O6. The van der Waals surface area contributed by atoms with Crippen molar-refractivity contribution in [2.24, 2.45) is 19.5 Å². The number of methoxy groups -OCH3 is 2. The summed E-state index contributed by atoms with van der Waals surface area (Å²) in [7, 11) is 6.90. The molecule has 4 aliphatic rings. The number of nitrogens with zero attached hydrogens (tertiary/aromatic N) is 6. The average molecular weight is 682 g/mol. The van der Waals surface area contributed by atoms with E-state index in [4.69, 9.17) is 9.47 Å². The van der Waals surface area contributed by atoms with Crippen LogP contribution in [0.1, 0.15) is 48.6 Å². The van der Waals surface area contributed by atoms with Crippen molar-refractivity contribution in [2.45, 2.75) is 44.8 Å². The Bertz CT molecular complexity index is 2100. The highest BCUT2D eigenvalue weighted by Crippen LogP contribution is 2.45. The lowest BCUT2D eigenvalue weighted by molar-refractivity contribution is -0.136. The molecule has 3 amide bonds. The maximum atomic E-state index is 13.3. The average Bonchev–Trinajstić information content (AvgIpc) is 3.65. The Morgan fingerprint density at radius 1 is 0.960 bits per heavy atom. The summed E-state index contributed by atoms with van der Waals surface area (Å²) in [5.74, 6) is 0.666. The molecular weight excluding hydrogens is 638 g/mol. The van der Waals surface area contributed by atoms with E-state index in [2.05, 4.69) is 26.3 Å². The van der Waals surface area contributed by atoms with Gasteiger partial charge in [-0.05, 0) is 67.7 Å². The molecule has 4 aliphatic heterocycles. The fraction of sp³-hybridized carbons (Fsp3) is 0.432. The Kier molecular flexibility index (Phi) is 7.70. The SMILES string of the molecule is COc1cc(-c2cn(C)c(=O)c3nn(C)cc23)cc(OC)c1CN1CCC2(CC1)CN(c1ccc3c(c1)C(=O)N(C1CCC(=O)NC1=O)C3)C2.[HH]. The first-order valence-electron chi connectivity index (χ1n) is 17.1.